The van der Waals surface area contributed by atoms with E-state index in [9.17, 15) is 4.79 Å². The zero-order chi connectivity index (χ0) is 10.5. The third kappa shape index (κ3) is 3.47. The van der Waals surface area contributed by atoms with Crippen molar-refractivity contribution in [2.24, 2.45) is 0 Å². The number of nitrogens with zero attached hydrogens (tertiary/aromatic N) is 1. The van der Waals surface area contributed by atoms with Crippen LogP contribution in [0.2, 0.25) is 0 Å². The number of piperidine rings is 1. The van der Waals surface area contributed by atoms with E-state index < -0.39 is 0 Å². The largest absolute Gasteiger partial charge is 0.459 e. The van der Waals surface area contributed by atoms with Crippen LogP contribution in [-0.2, 0) is 4.74 Å². The van der Waals surface area contributed by atoms with Gasteiger partial charge in [-0.2, -0.15) is 0 Å². The molecule has 0 aliphatic carbocycles. The van der Waals surface area contributed by atoms with Gasteiger partial charge in [-0.3, -0.25) is 4.98 Å². The molecule has 2 heterocycles. The molecule has 5 heteroatoms. The molecule has 88 valence electrons. The van der Waals surface area contributed by atoms with Gasteiger partial charge >= 0.3 is 5.97 Å². The zero-order valence-electron chi connectivity index (χ0n) is 8.89. The number of hydrogen-bond donors (Lipinski definition) is 1. The normalized spacial score (nSPS) is 16.2. The van der Waals surface area contributed by atoms with Crippen LogP contribution in [-0.4, -0.2) is 30.1 Å². The fourth-order valence-corrected chi connectivity index (χ4v) is 1.62. The predicted molar refractivity (Wildman–Crippen MR) is 62.8 cm³/mol. The molecule has 1 saturated heterocycles. The van der Waals surface area contributed by atoms with Crippen LogP contribution in [0, 0.1) is 0 Å². The average Bonchev–Trinajstić information content (AvgIpc) is 2.31. The second-order valence-electron chi connectivity index (χ2n) is 3.59. The molecule has 1 aliphatic rings. The number of ether oxygens (including phenoxy) is 1. The highest BCUT2D eigenvalue weighted by Gasteiger charge is 2.17. The highest BCUT2D eigenvalue weighted by molar-refractivity contribution is 5.89. The number of halogens is 1. The lowest BCUT2D eigenvalue weighted by Crippen LogP contribution is -2.33. The van der Waals surface area contributed by atoms with Crippen molar-refractivity contribution in [2.45, 2.75) is 18.9 Å². The van der Waals surface area contributed by atoms with Gasteiger partial charge in [0.2, 0.25) is 0 Å². The maximum atomic E-state index is 11.6. The third-order valence-corrected chi connectivity index (χ3v) is 2.48. The van der Waals surface area contributed by atoms with Crippen molar-refractivity contribution in [1.82, 2.24) is 10.3 Å². The van der Waals surface area contributed by atoms with Crippen molar-refractivity contribution in [3.8, 4) is 0 Å². The highest BCUT2D eigenvalue weighted by Crippen LogP contribution is 2.10. The molecule has 2 rings (SSSR count). The van der Waals surface area contributed by atoms with Crippen LogP contribution in [0.4, 0.5) is 0 Å². The monoisotopic (exact) mass is 242 g/mol. The van der Waals surface area contributed by atoms with Crippen molar-refractivity contribution in [2.75, 3.05) is 13.1 Å². The molecule has 0 aromatic carbocycles. The minimum absolute atomic E-state index is 0. The van der Waals surface area contributed by atoms with Crippen LogP contribution >= 0.6 is 12.4 Å². The van der Waals surface area contributed by atoms with Crippen LogP contribution < -0.4 is 5.32 Å². The molecule has 0 unspecified atom stereocenters. The number of carbonyl (C=O) groups excluding carboxylic acids is 1. The molecule has 0 bridgehead atoms. The molecule has 0 saturated carbocycles. The molecule has 0 radical (unpaired) electrons. The zero-order valence-corrected chi connectivity index (χ0v) is 9.70. The number of aromatic nitrogens is 1. The van der Waals surface area contributed by atoms with Crippen LogP contribution in [0.1, 0.15) is 23.2 Å². The number of pyridine rings is 1. The van der Waals surface area contributed by atoms with Crippen LogP contribution in [0.25, 0.3) is 0 Å². The fourth-order valence-electron chi connectivity index (χ4n) is 1.62. The molecule has 0 atom stereocenters. The first kappa shape index (κ1) is 12.9. The lowest BCUT2D eigenvalue weighted by Gasteiger charge is -2.22. The molecule has 1 aromatic rings. The Labute approximate surface area is 101 Å². The van der Waals surface area contributed by atoms with Crippen LogP contribution in [0.3, 0.4) is 0 Å². The Hall–Kier alpha value is -1.13. The minimum atomic E-state index is -0.246. The Bertz CT molecular complexity index is 326. The Balaban J connectivity index is 0.00000128. The summed E-state index contributed by atoms with van der Waals surface area (Å²) >= 11 is 0. The van der Waals surface area contributed by atoms with Gasteiger partial charge in [0.25, 0.3) is 0 Å². The van der Waals surface area contributed by atoms with Crippen molar-refractivity contribution < 1.29 is 9.53 Å². The molecular formula is C11H15ClN2O2. The minimum Gasteiger partial charge on any atom is -0.459 e. The number of esters is 1. The first-order valence-corrected chi connectivity index (χ1v) is 5.18. The van der Waals surface area contributed by atoms with Crippen molar-refractivity contribution >= 4 is 18.4 Å². The Kier molecular flexibility index (Phi) is 5.22. The fraction of sp³-hybridized carbons (Fsp3) is 0.455. The summed E-state index contributed by atoms with van der Waals surface area (Å²) in [7, 11) is 0. The summed E-state index contributed by atoms with van der Waals surface area (Å²) in [4.78, 5) is 15.5. The lowest BCUT2D eigenvalue weighted by atomic mass is 10.1. The molecule has 1 aromatic heterocycles. The molecule has 0 spiro atoms. The predicted octanol–water partition coefficient (Wildman–Crippen LogP) is 1.41. The lowest BCUT2D eigenvalue weighted by molar-refractivity contribution is 0.0229. The maximum absolute atomic E-state index is 11.6. The van der Waals surface area contributed by atoms with E-state index in [1.807, 2.05) is 0 Å². The van der Waals surface area contributed by atoms with E-state index in [-0.39, 0.29) is 24.5 Å². The second kappa shape index (κ2) is 6.45. The summed E-state index contributed by atoms with van der Waals surface area (Å²) in [6, 6.07) is 3.34. The Morgan fingerprint density at radius 1 is 1.31 bits per heavy atom. The summed E-state index contributed by atoms with van der Waals surface area (Å²) in [6.07, 6.45) is 5.05. The Morgan fingerprint density at radius 3 is 2.56 bits per heavy atom. The van der Waals surface area contributed by atoms with Gasteiger partial charge in [0.05, 0.1) is 5.56 Å². The van der Waals surface area contributed by atoms with Crippen LogP contribution in [0.15, 0.2) is 24.5 Å². The number of carbonyl (C=O) groups is 1. The van der Waals surface area contributed by atoms with E-state index >= 15 is 0 Å². The van der Waals surface area contributed by atoms with E-state index in [2.05, 4.69) is 10.3 Å². The molecule has 16 heavy (non-hydrogen) atoms. The van der Waals surface area contributed by atoms with Gasteiger partial charge < -0.3 is 10.1 Å². The van der Waals surface area contributed by atoms with E-state index in [0.717, 1.165) is 25.9 Å². The molecule has 4 nitrogen and oxygen atoms in total. The van der Waals surface area contributed by atoms with Gasteiger partial charge in [0.1, 0.15) is 6.10 Å². The van der Waals surface area contributed by atoms with Gasteiger partial charge in [-0.05, 0) is 38.1 Å². The van der Waals surface area contributed by atoms with Crippen molar-refractivity contribution in [3.05, 3.63) is 30.1 Å². The number of nitrogens with one attached hydrogen (secondary N) is 1. The summed E-state index contributed by atoms with van der Waals surface area (Å²) in [5.41, 5.74) is 0.573. The summed E-state index contributed by atoms with van der Waals surface area (Å²) in [5.74, 6) is -0.246. The smallest absolute Gasteiger partial charge is 0.338 e. The first-order valence-electron chi connectivity index (χ1n) is 5.18. The van der Waals surface area contributed by atoms with Crippen molar-refractivity contribution in [1.29, 1.82) is 0 Å². The number of rotatable bonds is 2. The molecule has 1 fully saturated rings. The standard InChI is InChI=1S/C11H14N2O2.ClH/c14-11(9-1-5-12-6-2-9)15-10-3-7-13-8-4-10;/h1-2,5-6,10,13H,3-4,7-8H2;1H. The van der Waals surface area contributed by atoms with Crippen molar-refractivity contribution in [3.63, 3.8) is 0 Å². The Morgan fingerprint density at radius 2 is 1.94 bits per heavy atom. The third-order valence-electron chi connectivity index (χ3n) is 2.48. The number of hydrogen-bond acceptors (Lipinski definition) is 4. The van der Waals surface area contributed by atoms with Gasteiger partial charge in [-0.1, -0.05) is 0 Å². The van der Waals surface area contributed by atoms with E-state index in [0.29, 0.717) is 5.56 Å². The SMILES string of the molecule is Cl.O=C(OC1CCNCC1)c1ccncc1. The van der Waals surface area contributed by atoms with Gasteiger partial charge in [0.15, 0.2) is 0 Å². The quantitative estimate of drug-likeness (QED) is 0.797. The average molecular weight is 243 g/mol. The summed E-state index contributed by atoms with van der Waals surface area (Å²) < 4.78 is 5.37. The van der Waals surface area contributed by atoms with E-state index in [1.165, 1.54) is 0 Å². The van der Waals surface area contributed by atoms with E-state index in [1.54, 1.807) is 24.5 Å². The van der Waals surface area contributed by atoms with Gasteiger partial charge in [-0.25, -0.2) is 4.79 Å². The highest BCUT2D eigenvalue weighted by atomic mass is 35.5. The van der Waals surface area contributed by atoms with Crippen LogP contribution in [0.5, 0.6) is 0 Å². The summed E-state index contributed by atoms with van der Waals surface area (Å²) in [6.45, 7) is 1.85. The molecule has 1 aliphatic heterocycles. The molecule has 1 N–H and O–H groups in total. The van der Waals surface area contributed by atoms with Gasteiger partial charge in [-0.15, -0.1) is 12.4 Å². The summed E-state index contributed by atoms with van der Waals surface area (Å²) in [5, 5.41) is 3.23. The molecule has 0 amide bonds. The first-order chi connectivity index (χ1) is 7.36. The maximum Gasteiger partial charge on any atom is 0.338 e. The van der Waals surface area contributed by atoms with E-state index in [4.69, 9.17) is 4.74 Å². The molecular weight excluding hydrogens is 228 g/mol. The van der Waals surface area contributed by atoms with Gasteiger partial charge in [0, 0.05) is 12.4 Å². The topological polar surface area (TPSA) is 51.2 Å². The second-order valence-corrected chi connectivity index (χ2v) is 3.59.